The van der Waals surface area contributed by atoms with Crippen molar-refractivity contribution in [2.45, 2.75) is 13.3 Å². The Balaban J connectivity index is 2.35. The van der Waals surface area contributed by atoms with Crippen LogP contribution in [-0.2, 0) is 16.6 Å². The summed E-state index contributed by atoms with van der Waals surface area (Å²) in [7, 11) is 1.78. The van der Waals surface area contributed by atoms with E-state index in [0.29, 0.717) is 12.4 Å². The van der Waals surface area contributed by atoms with Gasteiger partial charge in [0, 0.05) is 23.5 Å². The second-order valence-electron chi connectivity index (χ2n) is 4.63. The lowest BCUT2D eigenvalue weighted by Crippen LogP contribution is -2.38. The fraction of sp³-hybridized carbons (Fsp3) is 0.357. The first-order chi connectivity index (χ1) is 10.5. The lowest BCUT2D eigenvalue weighted by molar-refractivity contribution is -0.142. The van der Waals surface area contributed by atoms with Crippen molar-refractivity contribution in [1.29, 1.82) is 0 Å². The van der Waals surface area contributed by atoms with Gasteiger partial charge in [-0.05, 0) is 35.0 Å². The second kappa shape index (κ2) is 6.78. The van der Waals surface area contributed by atoms with Gasteiger partial charge in [0.05, 0.1) is 18.5 Å². The van der Waals surface area contributed by atoms with Crippen molar-refractivity contribution in [3.05, 3.63) is 22.7 Å². The molecule has 7 nitrogen and oxygen atoms in total. The maximum atomic E-state index is 11.7. The van der Waals surface area contributed by atoms with E-state index in [0.717, 1.165) is 15.4 Å². The van der Waals surface area contributed by atoms with Crippen molar-refractivity contribution in [3.63, 3.8) is 0 Å². The molecule has 2 rings (SSSR count). The van der Waals surface area contributed by atoms with Crippen LogP contribution in [0.1, 0.15) is 13.3 Å². The standard InChI is InChI=1S/C14H17BrN4O3/c1-3-22-11(20)7-8-19(14(16)21)13-9-5-4-6-10(15)12(9)18(2)17-13/h4-6H,3,7-8H2,1-2H3,(H2,16,21). The molecule has 0 bridgehead atoms. The number of para-hydroxylation sites is 1. The van der Waals surface area contributed by atoms with E-state index in [4.69, 9.17) is 10.5 Å². The van der Waals surface area contributed by atoms with Crippen molar-refractivity contribution in [1.82, 2.24) is 9.78 Å². The number of fused-ring (bicyclic) bond motifs is 1. The number of hydrogen-bond donors (Lipinski definition) is 1. The second-order valence-corrected chi connectivity index (χ2v) is 5.48. The molecule has 22 heavy (non-hydrogen) atoms. The summed E-state index contributed by atoms with van der Waals surface area (Å²) in [6, 6.07) is 4.93. The predicted molar refractivity (Wildman–Crippen MR) is 86.6 cm³/mol. The number of amides is 2. The Kier molecular flexibility index (Phi) is 5.02. The highest BCUT2D eigenvalue weighted by Crippen LogP contribution is 2.30. The summed E-state index contributed by atoms with van der Waals surface area (Å²) in [6.45, 7) is 2.15. The third kappa shape index (κ3) is 3.22. The first-order valence-electron chi connectivity index (χ1n) is 6.79. The van der Waals surface area contributed by atoms with Gasteiger partial charge in [-0.1, -0.05) is 6.07 Å². The Morgan fingerprint density at radius 1 is 1.45 bits per heavy atom. The van der Waals surface area contributed by atoms with E-state index in [1.165, 1.54) is 4.90 Å². The average Bonchev–Trinajstić information content (AvgIpc) is 2.78. The van der Waals surface area contributed by atoms with Crippen molar-refractivity contribution in [2.75, 3.05) is 18.1 Å². The zero-order valence-corrected chi connectivity index (χ0v) is 14.0. The number of nitrogens with two attached hydrogens (primary N) is 1. The summed E-state index contributed by atoms with van der Waals surface area (Å²) in [4.78, 5) is 24.5. The van der Waals surface area contributed by atoms with Gasteiger partial charge in [0.2, 0.25) is 0 Å². The molecule has 0 atom stereocenters. The molecular formula is C14H17BrN4O3. The minimum atomic E-state index is -0.663. The Hall–Kier alpha value is -2.09. The molecular weight excluding hydrogens is 352 g/mol. The molecule has 1 aromatic carbocycles. The van der Waals surface area contributed by atoms with Crippen LogP contribution in [-0.4, -0.2) is 34.9 Å². The predicted octanol–water partition coefficient (Wildman–Crippen LogP) is 2.17. The number of aryl methyl sites for hydroxylation is 1. The smallest absolute Gasteiger partial charge is 0.320 e. The van der Waals surface area contributed by atoms with Crippen LogP contribution in [0.15, 0.2) is 22.7 Å². The quantitative estimate of drug-likeness (QED) is 0.818. The number of nitrogens with zero attached hydrogens (tertiary/aromatic N) is 3. The number of carbonyl (C=O) groups excluding carboxylic acids is 2. The Morgan fingerprint density at radius 2 is 2.18 bits per heavy atom. The summed E-state index contributed by atoms with van der Waals surface area (Å²) < 4.78 is 7.39. The zero-order chi connectivity index (χ0) is 16.3. The molecule has 0 spiro atoms. The number of ether oxygens (including phenoxy) is 1. The summed E-state index contributed by atoms with van der Waals surface area (Å²) in [6.07, 6.45) is 0.0584. The van der Waals surface area contributed by atoms with Crippen LogP contribution >= 0.6 is 15.9 Å². The summed E-state index contributed by atoms with van der Waals surface area (Å²) >= 11 is 3.46. The van der Waals surface area contributed by atoms with Gasteiger partial charge in [0.1, 0.15) is 0 Å². The summed E-state index contributed by atoms with van der Waals surface area (Å²) in [5, 5.41) is 5.13. The fourth-order valence-corrected chi connectivity index (χ4v) is 2.85. The molecule has 1 aromatic heterocycles. The molecule has 1 heterocycles. The number of carbonyl (C=O) groups is 2. The van der Waals surface area contributed by atoms with Gasteiger partial charge in [-0.3, -0.25) is 14.4 Å². The number of aromatic nitrogens is 2. The van der Waals surface area contributed by atoms with E-state index in [2.05, 4.69) is 21.0 Å². The molecule has 8 heteroatoms. The number of hydrogen-bond acceptors (Lipinski definition) is 4. The third-order valence-corrected chi connectivity index (χ3v) is 3.80. The van der Waals surface area contributed by atoms with Crippen molar-refractivity contribution >= 4 is 44.7 Å². The zero-order valence-electron chi connectivity index (χ0n) is 12.4. The highest BCUT2D eigenvalue weighted by molar-refractivity contribution is 9.10. The van der Waals surface area contributed by atoms with E-state index >= 15 is 0 Å². The van der Waals surface area contributed by atoms with Crippen LogP contribution in [0.5, 0.6) is 0 Å². The highest BCUT2D eigenvalue weighted by atomic mass is 79.9. The van der Waals surface area contributed by atoms with Crippen LogP contribution in [0, 0.1) is 0 Å². The number of urea groups is 1. The molecule has 0 unspecified atom stereocenters. The molecule has 2 N–H and O–H groups in total. The average molecular weight is 369 g/mol. The van der Waals surface area contributed by atoms with E-state index in [1.54, 1.807) is 18.7 Å². The Morgan fingerprint density at radius 3 is 2.82 bits per heavy atom. The van der Waals surface area contributed by atoms with Crippen LogP contribution < -0.4 is 10.6 Å². The van der Waals surface area contributed by atoms with Gasteiger partial charge in [0.25, 0.3) is 0 Å². The van der Waals surface area contributed by atoms with Crippen molar-refractivity contribution < 1.29 is 14.3 Å². The van der Waals surface area contributed by atoms with Gasteiger partial charge < -0.3 is 10.5 Å². The molecule has 0 saturated heterocycles. The summed E-state index contributed by atoms with van der Waals surface area (Å²) in [5.41, 5.74) is 6.29. The van der Waals surface area contributed by atoms with Gasteiger partial charge >= 0.3 is 12.0 Å². The normalized spacial score (nSPS) is 10.7. The minimum absolute atomic E-state index is 0.0584. The van der Waals surface area contributed by atoms with E-state index in [-0.39, 0.29) is 18.9 Å². The fourth-order valence-electron chi connectivity index (χ4n) is 2.23. The van der Waals surface area contributed by atoms with Gasteiger partial charge in [-0.2, -0.15) is 5.10 Å². The van der Waals surface area contributed by atoms with Gasteiger partial charge in [-0.15, -0.1) is 0 Å². The third-order valence-electron chi connectivity index (χ3n) is 3.16. The lowest BCUT2D eigenvalue weighted by Gasteiger charge is -2.17. The summed E-state index contributed by atoms with van der Waals surface area (Å²) in [5.74, 6) is 0.0470. The van der Waals surface area contributed by atoms with Gasteiger partial charge in [-0.25, -0.2) is 4.79 Å². The maximum Gasteiger partial charge on any atom is 0.320 e. The van der Waals surface area contributed by atoms with Crippen molar-refractivity contribution in [2.24, 2.45) is 12.8 Å². The molecule has 0 radical (unpaired) electrons. The first-order valence-corrected chi connectivity index (χ1v) is 7.58. The minimum Gasteiger partial charge on any atom is -0.466 e. The topological polar surface area (TPSA) is 90.4 Å². The first kappa shape index (κ1) is 16.3. The van der Waals surface area contributed by atoms with Crippen LogP contribution in [0.25, 0.3) is 10.9 Å². The molecule has 2 amide bonds. The molecule has 2 aromatic rings. The van der Waals surface area contributed by atoms with Gasteiger partial charge in [0.15, 0.2) is 5.82 Å². The van der Waals surface area contributed by atoms with Crippen molar-refractivity contribution in [3.8, 4) is 0 Å². The maximum absolute atomic E-state index is 11.7. The number of halogens is 1. The lowest BCUT2D eigenvalue weighted by atomic mass is 10.2. The number of primary amides is 1. The highest BCUT2D eigenvalue weighted by Gasteiger charge is 2.21. The van der Waals surface area contributed by atoms with E-state index < -0.39 is 6.03 Å². The molecule has 0 saturated carbocycles. The van der Waals surface area contributed by atoms with E-state index in [9.17, 15) is 9.59 Å². The Labute approximate surface area is 136 Å². The molecule has 118 valence electrons. The molecule has 0 aliphatic rings. The van der Waals surface area contributed by atoms with Crippen LogP contribution in [0.4, 0.5) is 10.6 Å². The molecule has 0 aliphatic carbocycles. The monoisotopic (exact) mass is 368 g/mol. The molecule has 0 fully saturated rings. The van der Waals surface area contributed by atoms with Crippen LogP contribution in [0.3, 0.4) is 0 Å². The number of anilines is 1. The SMILES string of the molecule is CCOC(=O)CCN(C(N)=O)c1nn(C)c2c(Br)cccc12. The van der Waals surface area contributed by atoms with E-state index in [1.807, 2.05) is 18.2 Å². The largest absolute Gasteiger partial charge is 0.466 e. The number of rotatable bonds is 5. The van der Waals surface area contributed by atoms with Crippen LogP contribution in [0.2, 0.25) is 0 Å². The number of esters is 1. The Bertz CT molecular complexity index is 713. The molecule has 0 aliphatic heterocycles. The number of benzene rings is 1.